The zero-order valence-corrected chi connectivity index (χ0v) is 10.0. The first-order chi connectivity index (χ1) is 7.66. The van der Waals surface area contributed by atoms with Crippen LogP contribution in [-0.4, -0.2) is 16.4 Å². The summed E-state index contributed by atoms with van der Waals surface area (Å²) in [4.78, 5) is 12.3. The van der Waals surface area contributed by atoms with E-state index in [0.29, 0.717) is 11.6 Å². The maximum Gasteiger partial charge on any atom is 0.244 e. The number of amides is 1. The number of carbonyl (C=O) groups excluding carboxylic acids is 1. The predicted octanol–water partition coefficient (Wildman–Crippen LogP) is 2.97. The molecule has 2 heterocycles. The SMILES string of the molecule is CC(Cl)C(=O)Nc1cc(-c2cccs2)no1. The lowest BCUT2D eigenvalue weighted by Crippen LogP contribution is -2.19. The Hall–Kier alpha value is -1.33. The molecule has 2 aromatic heterocycles. The third-order valence-corrected chi connectivity index (χ3v) is 2.98. The van der Waals surface area contributed by atoms with Crippen LogP contribution in [0.1, 0.15) is 6.92 Å². The maximum absolute atomic E-state index is 11.3. The first kappa shape index (κ1) is 11.2. The van der Waals surface area contributed by atoms with Crippen LogP contribution in [0.4, 0.5) is 5.88 Å². The highest BCUT2D eigenvalue weighted by Gasteiger charge is 2.13. The van der Waals surface area contributed by atoms with Gasteiger partial charge in [-0.3, -0.25) is 10.1 Å². The van der Waals surface area contributed by atoms with Crippen molar-refractivity contribution in [1.29, 1.82) is 0 Å². The van der Waals surface area contributed by atoms with Crippen molar-refractivity contribution < 1.29 is 9.32 Å². The molecule has 4 nitrogen and oxygen atoms in total. The van der Waals surface area contributed by atoms with Gasteiger partial charge in [-0.05, 0) is 18.4 Å². The second-order valence-corrected chi connectivity index (χ2v) is 4.76. The molecule has 0 saturated carbocycles. The van der Waals surface area contributed by atoms with Gasteiger partial charge in [-0.15, -0.1) is 22.9 Å². The van der Waals surface area contributed by atoms with Crippen molar-refractivity contribution in [1.82, 2.24) is 5.16 Å². The Labute approximate surface area is 101 Å². The first-order valence-electron chi connectivity index (χ1n) is 4.62. The Morgan fingerprint density at radius 3 is 3.12 bits per heavy atom. The van der Waals surface area contributed by atoms with Gasteiger partial charge in [0.05, 0.1) is 4.88 Å². The van der Waals surface area contributed by atoms with Crippen molar-refractivity contribution in [3.63, 3.8) is 0 Å². The molecule has 0 saturated heterocycles. The molecular formula is C10H9ClN2O2S. The molecule has 1 N–H and O–H groups in total. The zero-order valence-electron chi connectivity index (χ0n) is 8.44. The third-order valence-electron chi connectivity index (χ3n) is 1.89. The van der Waals surface area contributed by atoms with Crippen LogP contribution in [0.2, 0.25) is 0 Å². The van der Waals surface area contributed by atoms with Crippen LogP contribution in [0.3, 0.4) is 0 Å². The van der Waals surface area contributed by atoms with Crippen LogP contribution >= 0.6 is 22.9 Å². The topological polar surface area (TPSA) is 55.1 Å². The molecule has 0 aromatic carbocycles. The van der Waals surface area contributed by atoms with Crippen LogP contribution in [0.25, 0.3) is 10.6 Å². The summed E-state index contributed by atoms with van der Waals surface area (Å²) in [5, 5.41) is 7.72. The minimum absolute atomic E-state index is 0.306. The summed E-state index contributed by atoms with van der Waals surface area (Å²) in [6.07, 6.45) is 0. The minimum atomic E-state index is -0.602. The van der Waals surface area contributed by atoms with E-state index in [4.69, 9.17) is 16.1 Å². The molecular weight excluding hydrogens is 248 g/mol. The number of aromatic nitrogens is 1. The molecule has 6 heteroatoms. The van der Waals surface area contributed by atoms with Gasteiger partial charge >= 0.3 is 0 Å². The highest BCUT2D eigenvalue weighted by atomic mass is 35.5. The molecule has 2 rings (SSSR count). The van der Waals surface area contributed by atoms with E-state index in [2.05, 4.69) is 10.5 Å². The van der Waals surface area contributed by atoms with Crippen molar-refractivity contribution in [2.45, 2.75) is 12.3 Å². The lowest BCUT2D eigenvalue weighted by Gasteiger charge is -2.00. The van der Waals surface area contributed by atoms with Crippen molar-refractivity contribution in [2.24, 2.45) is 0 Å². The van der Waals surface area contributed by atoms with Gasteiger partial charge in [-0.1, -0.05) is 11.2 Å². The van der Waals surface area contributed by atoms with Crippen LogP contribution in [0.15, 0.2) is 28.1 Å². The maximum atomic E-state index is 11.3. The number of rotatable bonds is 3. The molecule has 1 unspecified atom stereocenters. The smallest absolute Gasteiger partial charge is 0.244 e. The highest BCUT2D eigenvalue weighted by molar-refractivity contribution is 7.13. The fourth-order valence-corrected chi connectivity index (χ4v) is 1.83. The fourth-order valence-electron chi connectivity index (χ4n) is 1.10. The lowest BCUT2D eigenvalue weighted by atomic mass is 10.3. The molecule has 0 aliphatic rings. The number of halogens is 1. The number of alkyl halides is 1. The monoisotopic (exact) mass is 256 g/mol. The minimum Gasteiger partial charge on any atom is -0.338 e. The van der Waals surface area contributed by atoms with Crippen molar-refractivity contribution in [2.75, 3.05) is 5.32 Å². The highest BCUT2D eigenvalue weighted by Crippen LogP contribution is 2.25. The normalized spacial score (nSPS) is 12.4. The molecule has 2 aromatic rings. The van der Waals surface area contributed by atoms with E-state index in [1.807, 2.05) is 17.5 Å². The van der Waals surface area contributed by atoms with Crippen molar-refractivity contribution in [3.8, 4) is 10.6 Å². The molecule has 0 spiro atoms. The molecule has 0 aliphatic heterocycles. The average Bonchev–Trinajstić information content (AvgIpc) is 2.85. The quantitative estimate of drug-likeness (QED) is 0.859. The van der Waals surface area contributed by atoms with E-state index in [-0.39, 0.29) is 5.91 Å². The summed E-state index contributed by atoms with van der Waals surface area (Å²) in [6.45, 7) is 1.59. The Balaban J connectivity index is 2.11. The summed E-state index contributed by atoms with van der Waals surface area (Å²) in [5.41, 5.74) is 0.701. The van der Waals surface area contributed by atoms with E-state index >= 15 is 0 Å². The number of nitrogens with one attached hydrogen (secondary N) is 1. The van der Waals surface area contributed by atoms with Crippen molar-refractivity contribution in [3.05, 3.63) is 23.6 Å². The largest absolute Gasteiger partial charge is 0.338 e. The Bertz CT molecular complexity index is 479. The zero-order chi connectivity index (χ0) is 11.5. The molecule has 0 fully saturated rings. The first-order valence-corrected chi connectivity index (χ1v) is 5.94. The number of hydrogen-bond acceptors (Lipinski definition) is 4. The number of hydrogen-bond donors (Lipinski definition) is 1. The number of thiophene rings is 1. The van der Waals surface area contributed by atoms with Gasteiger partial charge in [0.25, 0.3) is 0 Å². The fraction of sp³-hybridized carbons (Fsp3) is 0.200. The molecule has 0 aliphatic carbocycles. The molecule has 1 amide bonds. The van der Waals surface area contributed by atoms with Gasteiger partial charge in [0.15, 0.2) is 0 Å². The summed E-state index contributed by atoms with van der Waals surface area (Å²) in [7, 11) is 0. The standard InChI is InChI=1S/C10H9ClN2O2S/c1-6(11)10(14)12-9-5-7(13-15-9)8-3-2-4-16-8/h2-6H,1H3,(H,12,14). The van der Waals surface area contributed by atoms with Crippen LogP contribution in [0.5, 0.6) is 0 Å². The number of anilines is 1. The van der Waals surface area contributed by atoms with Gasteiger partial charge in [0.2, 0.25) is 11.8 Å². The number of carbonyl (C=O) groups is 1. The average molecular weight is 257 g/mol. The third kappa shape index (κ3) is 2.43. The second-order valence-electron chi connectivity index (χ2n) is 3.16. The van der Waals surface area contributed by atoms with Gasteiger partial charge < -0.3 is 4.52 Å². The van der Waals surface area contributed by atoms with E-state index in [1.54, 1.807) is 24.3 Å². The van der Waals surface area contributed by atoms with Gasteiger partial charge in [0, 0.05) is 6.07 Å². The Kier molecular flexibility index (Phi) is 3.26. The van der Waals surface area contributed by atoms with E-state index in [9.17, 15) is 4.79 Å². The van der Waals surface area contributed by atoms with E-state index in [0.717, 1.165) is 4.88 Å². The van der Waals surface area contributed by atoms with Crippen LogP contribution < -0.4 is 5.32 Å². The molecule has 0 radical (unpaired) electrons. The second kappa shape index (κ2) is 4.67. The van der Waals surface area contributed by atoms with Crippen molar-refractivity contribution >= 4 is 34.7 Å². The number of nitrogens with zero attached hydrogens (tertiary/aromatic N) is 1. The molecule has 1 atom stereocenters. The van der Waals surface area contributed by atoms with Crippen LogP contribution in [-0.2, 0) is 4.79 Å². The van der Waals surface area contributed by atoms with Gasteiger partial charge in [0.1, 0.15) is 11.1 Å². The molecule has 0 bridgehead atoms. The van der Waals surface area contributed by atoms with E-state index in [1.165, 1.54) is 0 Å². The molecule has 16 heavy (non-hydrogen) atoms. The Morgan fingerprint density at radius 1 is 1.69 bits per heavy atom. The van der Waals surface area contributed by atoms with Crippen LogP contribution in [0, 0.1) is 0 Å². The Morgan fingerprint density at radius 2 is 2.50 bits per heavy atom. The van der Waals surface area contributed by atoms with Gasteiger partial charge in [-0.2, -0.15) is 0 Å². The molecule has 84 valence electrons. The summed E-state index contributed by atoms with van der Waals surface area (Å²) < 4.78 is 4.98. The van der Waals surface area contributed by atoms with Gasteiger partial charge in [-0.25, -0.2) is 0 Å². The van der Waals surface area contributed by atoms with E-state index < -0.39 is 5.38 Å². The predicted molar refractivity (Wildman–Crippen MR) is 63.8 cm³/mol. The summed E-state index contributed by atoms with van der Waals surface area (Å²) in [5.74, 6) is -0.00329. The lowest BCUT2D eigenvalue weighted by molar-refractivity contribution is -0.115. The summed E-state index contributed by atoms with van der Waals surface area (Å²) in [6, 6.07) is 5.52. The summed E-state index contributed by atoms with van der Waals surface area (Å²) >= 11 is 7.17.